The summed E-state index contributed by atoms with van der Waals surface area (Å²) in [6.07, 6.45) is 0. The molecule has 106 valence electrons. The second-order valence-corrected chi connectivity index (χ2v) is 6.42. The molecule has 1 aromatic heterocycles. The number of anilines is 2. The van der Waals surface area contributed by atoms with Crippen molar-refractivity contribution < 1.29 is 8.42 Å². The Balaban J connectivity index is 2.37. The predicted octanol–water partition coefficient (Wildman–Crippen LogP) is 2.47. The number of nitrogen functional groups attached to an aromatic ring is 1. The molecule has 0 saturated heterocycles. The summed E-state index contributed by atoms with van der Waals surface area (Å²) >= 11 is 11.5. The van der Waals surface area contributed by atoms with E-state index in [1.807, 2.05) is 0 Å². The number of benzene rings is 1. The summed E-state index contributed by atoms with van der Waals surface area (Å²) in [6, 6.07) is 5.50. The number of nitrogens with one attached hydrogen (secondary N) is 1. The van der Waals surface area contributed by atoms with E-state index >= 15 is 0 Å². The van der Waals surface area contributed by atoms with E-state index in [1.54, 1.807) is 6.92 Å². The first kappa shape index (κ1) is 14.8. The molecule has 1 heterocycles. The van der Waals surface area contributed by atoms with Crippen molar-refractivity contribution in [2.24, 2.45) is 0 Å². The van der Waals surface area contributed by atoms with Crippen molar-refractivity contribution in [2.75, 3.05) is 10.5 Å². The van der Waals surface area contributed by atoms with Crippen LogP contribution in [-0.4, -0.2) is 18.4 Å². The largest absolute Gasteiger partial charge is 0.397 e. The fourth-order valence-corrected chi connectivity index (χ4v) is 2.78. The second kappa shape index (κ2) is 5.43. The fraction of sp³-hybridized carbons (Fsp3) is 0.0909. The molecule has 1 aromatic carbocycles. The predicted molar refractivity (Wildman–Crippen MR) is 78.5 cm³/mol. The van der Waals surface area contributed by atoms with E-state index in [0.29, 0.717) is 5.69 Å². The lowest BCUT2D eigenvalue weighted by Gasteiger charge is -2.08. The minimum Gasteiger partial charge on any atom is -0.397 e. The van der Waals surface area contributed by atoms with Crippen molar-refractivity contribution in [3.05, 3.63) is 40.1 Å². The topological polar surface area (TPSA) is 98.0 Å². The van der Waals surface area contributed by atoms with E-state index < -0.39 is 10.0 Å². The van der Waals surface area contributed by atoms with Gasteiger partial charge < -0.3 is 5.73 Å². The third-order valence-corrected chi connectivity index (χ3v) is 4.19. The Morgan fingerprint density at radius 3 is 2.50 bits per heavy atom. The summed E-state index contributed by atoms with van der Waals surface area (Å²) in [7, 11) is -3.86. The first-order valence-electron chi connectivity index (χ1n) is 5.37. The zero-order chi connectivity index (χ0) is 14.9. The van der Waals surface area contributed by atoms with Gasteiger partial charge in [-0.25, -0.2) is 23.1 Å². The maximum Gasteiger partial charge on any atom is 0.264 e. The summed E-state index contributed by atoms with van der Waals surface area (Å²) in [5, 5.41) is 0.421. The van der Waals surface area contributed by atoms with Crippen LogP contribution in [0.3, 0.4) is 0 Å². The number of aryl methyl sites for hydroxylation is 1. The van der Waals surface area contributed by atoms with Crippen LogP contribution in [0, 0.1) is 6.92 Å². The van der Waals surface area contributed by atoms with E-state index in [9.17, 15) is 8.42 Å². The van der Waals surface area contributed by atoms with Gasteiger partial charge in [-0.3, -0.25) is 0 Å². The van der Waals surface area contributed by atoms with E-state index in [1.165, 1.54) is 24.3 Å². The molecule has 9 heteroatoms. The number of nitrogens with zero attached hydrogens (tertiary/aromatic N) is 2. The van der Waals surface area contributed by atoms with Crippen LogP contribution in [0.25, 0.3) is 0 Å². The van der Waals surface area contributed by atoms with Gasteiger partial charge in [0.2, 0.25) is 5.95 Å². The number of nitrogens with two attached hydrogens (primary N) is 1. The molecular formula is C11H10Cl2N4O2S. The second-order valence-electron chi connectivity index (χ2n) is 3.94. The SMILES string of the molecule is Cc1cc(Cl)nc(NS(=O)(=O)c2ccc(Cl)c(N)c2)n1. The molecule has 3 N–H and O–H groups in total. The third kappa shape index (κ3) is 3.30. The molecule has 20 heavy (non-hydrogen) atoms. The lowest BCUT2D eigenvalue weighted by Crippen LogP contribution is -2.15. The lowest BCUT2D eigenvalue weighted by atomic mass is 10.3. The average Bonchev–Trinajstić information content (AvgIpc) is 2.30. The van der Waals surface area contributed by atoms with Gasteiger partial charge in [0.05, 0.1) is 15.6 Å². The van der Waals surface area contributed by atoms with Gasteiger partial charge in [-0.2, -0.15) is 0 Å². The Bertz CT molecular complexity index is 745. The van der Waals surface area contributed by atoms with Gasteiger partial charge in [0.25, 0.3) is 10.0 Å². The van der Waals surface area contributed by atoms with Crippen molar-refractivity contribution in [1.82, 2.24) is 9.97 Å². The molecule has 6 nitrogen and oxygen atoms in total. The molecule has 2 aromatic rings. The summed E-state index contributed by atoms with van der Waals surface area (Å²) < 4.78 is 26.5. The molecule has 0 bridgehead atoms. The number of aromatic nitrogens is 2. The highest BCUT2D eigenvalue weighted by Gasteiger charge is 2.17. The zero-order valence-electron chi connectivity index (χ0n) is 10.3. The quantitative estimate of drug-likeness (QED) is 0.664. The minimum absolute atomic E-state index is 0.0411. The van der Waals surface area contributed by atoms with Gasteiger partial charge in [-0.1, -0.05) is 23.2 Å². The normalized spacial score (nSPS) is 11.3. The Hall–Kier alpha value is -1.57. The molecule has 0 atom stereocenters. The number of hydrogen-bond acceptors (Lipinski definition) is 5. The van der Waals surface area contributed by atoms with Crippen LogP contribution in [0.1, 0.15) is 5.69 Å². The van der Waals surface area contributed by atoms with Crippen molar-refractivity contribution in [2.45, 2.75) is 11.8 Å². The maximum atomic E-state index is 12.2. The molecule has 0 spiro atoms. The first-order valence-corrected chi connectivity index (χ1v) is 7.61. The molecule has 0 unspecified atom stereocenters. The van der Waals surface area contributed by atoms with E-state index in [2.05, 4.69) is 14.7 Å². The first-order chi connectivity index (χ1) is 9.28. The molecule has 2 rings (SSSR count). The molecule has 0 aliphatic rings. The Morgan fingerprint density at radius 2 is 1.90 bits per heavy atom. The molecule has 0 amide bonds. The Morgan fingerprint density at radius 1 is 1.20 bits per heavy atom. The van der Waals surface area contributed by atoms with Crippen LogP contribution < -0.4 is 10.5 Å². The van der Waals surface area contributed by atoms with Gasteiger partial charge in [0, 0.05) is 5.69 Å². The minimum atomic E-state index is -3.86. The molecule has 0 aliphatic heterocycles. The van der Waals surface area contributed by atoms with Gasteiger partial charge >= 0.3 is 0 Å². The van der Waals surface area contributed by atoms with Crippen molar-refractivity contribution in [3.63, 3.8) is 0 Å². The maximum absolute atomic E-state index is 12.2. The van der Waals surface area contributed by atoms with Crippen LogP contribution >= 0.6 is 23.2 Å². The zero-order valence-corrected chi connectivity index (χ0v) is 12.6. The summed E-state index contributed by atoms with van der Waals surface area (Å²) in [5.41, 5.74) is 6.29. The highest BCUT2D eigenvalue weighted by molar-refractivity contribution is 7.92. The average molecular weight is 333 g/mol. The molecule has 0 aliphatic carbocycles. The van der Waals surface area contributed by atoms with Crippen molar-refractivity contribution >= 4 is 44.9 Å². The summed E-state index contributed by atoms with van der Waals surface area (Å²) in [6.45, 7) is 1.67. The lowest BCUT2D eigenvalue weighted by molar-refractivity contribution is 0.601. The molecular weight excluding hydrogens is 323 g/mol. The van der Waals surface area contributed by atoms with Crippen LogP contribution in [0.5, 0.6) is 0 Å². The number of sulfonamides is 1. The van der Waals surface area contributed by atoms with Gasteiger partial charge in [-0.05, 0) is 31.2 Å². The number of hydrogen-bond donors (Lipinski definition) is 2. The van der Waals surface area contributed by atoms with E-state index in [0.717, 1.165) is 0 Å². The van der Waals surface area contributed by atoms with Gasteiger partial charge in [0.15, 0.2) is 0 Å². The van der Waals surface area contributed by atoms with Gasteiger partial charge in [-0.15, -0.1) is 0 Å². The summed E-state index contributed by atoms with van der Waals surface area (Å²) in [5.74, 6) is -0.108. The Labute approximate surface area is 126 Å². The van der Waals surface area contributed by atoms with Crippen molar-refractivity contribution in [3.8, 4) is 0 Å². The fourth-order valence-electron chi connectivity index (χ4n) is 1.44. The Kier molecular flexibility index (Phi) is 4.03. The van der Waals surface area contributed by atoms with E-state index in [-0.39, 0.29) is 26.7 Å². The molecule has 0 radical (unpaired) electrons. The number of halogens is 2. The van der Waals surface area contributed by atoms with Crippen LogP contribution in [0.15, 0.2) is 29.2 Å². The van der Waals surface area contributed by atoms with E-state index in [4.69, 9.17) is 28.9 Å². The third-order valence-electron chi connectivity index (χ3n) is 2.33. The van der Waals surface area contributed by atoms with Gasteiger partial charge in [0.1, 0.15) is 5.15 Å². The highest BCUT2D eigenvalue weighted by atomic mass is 35.5. The van der Waals surface area contributed by atoms with Crippen LogP contribution in [0.4, 0.5) is 11.6 Å². The smallest absolute Gasteiger partial charge is 0.264 e. The number of rotatable bonds is 3. The summed E-state index contributed by atoms with van der Waals surface area (Å²) in [4.78, 5) is 7.69. The van der Waals surface area contributed by atoms with Crippen LogP contribution in [0.2, 0.25) is 10.2 Å². The molecule has 0 fully saturated rings. The molecule has 0 saturated carbocycles. The van der Waals surface area contributed by atoms with Crippen LogP contribution in [-0.2, 0) is 10.0 Å². The highest BCUT2D eigenvalue weighted by Crippen LogP contribution is 2.23. The van der Waals surface area contributed by atoms with Crippen molar-refractivity contribution in [1.29, 1.82) is 0 Å². The monoisotopic (exact) mass is 332 g/mol. The standard InChI is InChI=1S/C11H10Cl2N4O2S/c1-6-4-10(13)16-11(15-6)17-20(18,19)7-2-3-8(12)9(14)5-7/h2-5H,14H2,1H3,(H,15,16,17).